The number of nitrogens with two attached hydrogens (primary N) is 1. The van der Waals surface area contributed by atoms with Crippen molar-refractivity contribution in [1.29, 1.82) is 0 Å². The summed E-state index contributed by atoms with van der Waals surface area (Å²) in [5, 5.41) is 2.98. The average molecular weight is 292 g/mol. The van der Waals surface area contributed by atoms with Gasteiger partial charge in [0.1, 0.15) is 13.2 Å². The highest BCUT2D eigenvalue weighted by Gasteiger charge is 2.20. The minimum atomic E-state index is -0.0900. The molecule has 3 N–H and O–H groups in total. The summed E-state index contributed by atoms with van der Waals surface area (Å²) in [6, 6.07) is 5.27. The molecule has 0 aliphatic carbocycles. The van der Waals surface area contributed by atoms with E-state index in [0.717, 1.165) is 12.8 Å². The molecule has 1 aromatic rings. The van der Waals surface area contributed by atoms with Gasteiger partial charge in [-0.1, -0.05) is 13.8 Å². The fourth-order valence-corrected chi connectivity index (χ4v) is 2.28. The van der Waals surface area contributed by atoms with Crippen LogP contribution < -0.4 is 20.5 Å². The van der Waals surface area contributed by atoms with Crippen molar-refractivity contribution in [3.05, 3.63) is 23.8 Å². The predicted molar refractivity (Wildman–Crippen MR) is 81.8 cm³/mol. The largest absolute Gasteiger partial charge is 0.486 e. The van der Waals surface area contributed by atoms with Gasteiger partial charge in [0.2, 0.25) is 0 Å². The number of benzene rings is 1. The van der Waals surface area contributed by atoms with E-state index in [9.17, 15) is 4.79 Å². The summed E-state index contributed by atoms with van der Waals surface area (Å²) in [7, 11) is 0. The molecule has 2 rings (SSSR count). The van der Waals surface area contributed by atoms with E-state index in [2.05, 4.69) is 19.2 Å². The lowest BCUT2D eigenvalue weighted by molar-refractivity contribution is 0.0933. The third kappa shape index (κ3) is 4.36. The molecule has 1 amide bonds. The first-order valence-corrected chi connectivity index (χ1v) is 7.40. The number of carbonyl (C=O) groups excluding carboxylic acids is 1. The zero-order valence-corrected chi connectivity index (χ0v) is 12.8. The summed E-state index contributed by atoms with van der Waals surface area (Å²) in [4.78, 5) is 12.2. The number of carbonyl (C=O) groups is 1. The lowest BCUT2D eigenvalue weighted by Crippen LogP contribution is -2.34. The molecule has 0 unspecified atom stereocenters. The number of fused-ring (bicyclic) bond motifs is 1. The Morgan fingerprint density at radius 3 is 2.71 bits per heavy atom. The van der Waals surface area contributed by atoms with Crippen molar-refractivity contribution in [2.45, 2.75) is 26.7 Å². The summed E-state index contributed by atoms with van der Waals surface area (Å²) in [6.45, 7) is 6.64. The van der Waals surface area contributed by atoms with Crippen molar-refractivity contribution in [3.8, 4) is 11.5 Å². The second-order valence-electron chi connectivity index (χ2n) is 6.10. The van der Waals surface area contributed by atoms with E-state index in [1.807, 2.05) is 0 Å². The summed E-state index contributed by atoms with van der Waals surface area (Å²) in [5.74, 6) is 1.24. The average Bonchev–Trinajstić information content (AvgIpc) is 2.50. The van der Waals surface area contributed by atoms with Gasteiger partial charge in [0.05, 0.1) is 0 Å². The summed E-state index contributed by atoms with van der Waals surface area (Å²) in [5.41, 5.74) is 6.17. The number of amides is 1. The number of nitrogens with one attached hydrogen (secondary N) is 1. The highest BCUT2D eigenvalue weighted by molar-refractivity contribution is 5.94. The van der Waals surface area contributed by atoms with Gasteiger partial charge in [0.15, 0.2) is 11.5 Å². The van der Waals surface area contributed by atoms with Crippen molar-refractivity contribution in [1.82, 2.24) is 5.32 Å². The van der Waals surface area contributed by atoms with Gasteiger partial charge in [-0.05, 0) is 43.0 Å². The van der Waals surface area contributed by atoms with Crippen LogP contribution in [0, 0.1) is 5.41 Å². The third-order valence-corrected chi connectivity index (χ3v) is 3.59. The van der Waals surface area contributed by atoms with Gasteiger partial charge in [-0.3, -0.25) is 4.79 Å². The van der Waals surface area contributed by atoms with Gasteiger partial charge in [-0.2, -0.15) is 0 Å². The molecule has 0 atom stereocenters. The first-order valence-electron chi connectivity index (χ1n) is 7.40. The normalized spacial score (nSPS) is 13.9. The van der Waals surface area contributed by atoms with Gasteiger partial charge < -0.3 is 20.5 Å². The number of rotatable bonds is 6. The monoisotopic (exact) mass is 292 g/mol. The van der Waals surface area contributed by atoms with E-state index in [0.29, 0.717) is 43.4 Å². The molecule has 0 radical (unpaired) electrons. The van der Waals surface area contributed by atoms with E-state index in [-0.39, 0.29) is 11.3 Å². The molecule has 1 heterocycles. The minimum Gasteiger partial charge on any atom is -0.486 e. The molecule has 0 aromatic heterocycles. The van der Waals surface area contributed by atoms with E-state index in [4.69, 9.17) is 15.2 Å². The van der Waals surface area contributed by atoms with Crippen molar-refractivity contribution in [3.63, 3.8) is 0 Å². The van der Waals surface area contributed by atoms with Crippen LogP contribution in [0.1, 0.15) is 37.0 Å². The minimum absolute atomic E-state index is 0.0445. The summed E-state index contributed by atoms with van der Waals surface area (Å²) < 4.78 is 10.9. The topological polar surface area (TPSA) is 73.6 Å². The Hall–Kier alpha value is -1.75. The van der Waals surface area contributed by atoms with Crippen LogP contribution in [0.3, 0.4) is 0 Å². The van der Waals surface area contributed by atoms with Gasteiger partial charge in [-0.25, -0.2) is 0 Å². The second kappa shape index (κ2) is 6.80. The van der Waals surface area contributed by atoms with Crippen molar-refractivity contribution in [2.24, 2.45) is 11.1 Å². The third-order valence-electron chi connectivity index (χ3n) is 3.59. The summed E-state index contributed by atoms with van der Waals surface area (Å²) in [6.07, 6.45) is 1.96. The van der Waals surface area contributed by atoms with Gasteiger partial charge in [-0.15, -0.1) is 0 Å². The molecule has 1 aliphatic heterocycles. The Labute approximate surface area is 125 Å². The van der Waals surface area contributed by atoms with Crippen LogP contribution in [-0.2, 0) is 0 Å². The van der Waals surface area contributed by atoms with E-state index >= 15 is 0 Å². The van der Waals surface area contributed by atoms with Crippen LogP contribution >= 0.6 is 0 Å². The SMILES string of the molecule is CC(C)(CCCN)CNC(=O)c1ccc2c(c1)OCCO2. The molecule has 1 aromatic carbocycles. The van der Waals surface area contributed by atoms with Crippen LogP contribution in [-0.4, -0.2) is 32.2 Å². The smallest absolute Gasteiger partial charge is 0.251 e. The molecule has 5 nitrogen and oxygen atoms in total. The van der Waals surface area contributed by atoms with Crippen LogP contribution in [0.4, 0.5) is 0 Å². The molecular weight excluding hydrogens is 268 g/mol. The first kappa shape index (κ1) is 15.6. The zero-order chi connectivity index (χ0) is 15.3. The maximum Gasteiger partial charge on any atom is 0.251 e. The summed E-state index contributed by atoms with van der Waals surface area (Å²) >= 11 is 0. The molecule has 0 saturated heterocycles. The Morgan fingerprint density at radius 2 is 2.00 bits per heavy atom. The highest BCUT2D eigenvalue weighted by Crippen LogP contribution is 2.30. The quantitative estimate of drug-likeness (QED) is 0.840. The van der Waals surface area contributed by atoms with Crippen LogP contribution in [0.5, 0.6) is 11.5 Å². The molecule has 0 bridgehead atoms. The number of hydrogen-bond acceptors (Lipinski definition) is 4. The number of ether oxygens (including phenoxy) is 2. The fourth-order valence-electron chi connectivity index (χ4n) is 2.28. The molecule has 0 fully saturated rings. The zero-order valence-electron chi connectivity index (χ0n) is 12.8. The predicted octanol–water partition coefficient (Wildman–Crippen LogP) is 1.95. The molecule has 0 spiro atoms. The van der Waals surface area contributed by atoms with Crippen molar-refractivity contribution >= 4 is 5.91 Å². The van der Waals surface area contributed by atoms with Gasteiger partial charge in [0, 0.05) is 12.1 Å². The molecule has 116 valence electrons. The fraction of sp³-hybridized carbons (Fsp3) is 0.562. The lowest BCUT2D eigenvalue weighted by Gasteiger charge is -2.25. The van der Waals surface area contributed by atoms with E-state index in [1.165, 1.54) is 0 Å². The lowest BCUT2D eigenvalue weighted by atomic mass is 9.87. The Bertz CT molecular complexity index is 500. The maximum atomic E-state index is 12.2. The molecule has 21 heavy (non-hydrogen) atoms. The number of hydrogen-bond donors (Lipinski definition) is 2. The van der Waals surface area contributed by atoms with Gasteiger partial charge in [0.25, 0.3) is 5.91 Å². The maximum absolute atomic E-state index is 12.2. The molecule has 0 saturated carbocycles. The Balaban J connectivity index is 1.94. The van der Waals surface area contributed by atoms with Crippen LogP contribution in [0.25, 0.3) is 0 Å². The molecule has 5 heteroatoms. The molecular formula is C16H24N2O3. The Morgan fingerprint density at radius 1 is 1.29 bits per heavy atom. The van der Waals surface area contributed by atoms with Crippen LogP contribution in [0.2, 0.25) is 0 Å². The van der Waals surface area contributed by atoms with Crippen LogP contribution in [0.15, 0.2) is 18.2 Å². The first-order chi connectivity index (χ1) is 10.0. The van der Waals surface area contributed by atoms with Crippen molar-refractivity contribution < 1.29 is 14.3 Å². The van der Waals surface area contributed by atoms with E-state index < -0.39 is 0 Å². The standard InChI is InChI=1S/C16H24N2O3/c1-16(2,6-3-7-17)11-18-15(19)12-4-5-13-14(10-12)21-9-8-20-13/h4-5,10H,3,6-9,11,17H2,1-2H3,(H,18,19). The molecule has 1 aliphatic rings. The highest BCUT2D eigenvalue weighted by atomic mass is 16.6. The van der Waals surface area contributed by atoms with Gasteiger partial charge >= 0.3 is 0 Å². The second-order valence-corrected chi connectivity index (χ2v) is 6.10. The Kier molecular flexibility index (Phi) is 5.07. The van der Waals surface area contributed by atoms with E-state index in [1.54, 1.807) is 18.2 Å². The van der Waals surface area contributed by atoms with Crippen molar-refractivity contribution in [2.75, 3.05) is 26.3 Å².